The van der Waals surface area contributed by atoms with Crippen molar-refractivity contribution in [1.29, 1.82) is 0 Å². The van der Waals surface area contributed by atoms with Crippen LogP contribution in [0.15, 0.2) is 24.5 Å². The van der Waals surface area contributed by atoms with Gasteiger partial charge in [0.15, 0.2) is 0 Å². The van der Waals surface area contributed by atoms with Crippen molar-refractivity contribution in [1.82, 2.24) is 20.6 Å². The molecule has 0 saturated carbocycles. The minimum Gasteiger partial charge on any atom is -0.356 e. The fourth-order valence-corrected chi connectivity index (χ4v) is 1.82. The van der Waals surface area contributed by atoms with Gasteiger partial charge in [0.1, 0.15) is 0 Å². The third kappa shape index (κ3) is 3.57. The van der Waals surface area contributed by atoms with Crippen molar-refractivity contribution < 1.29 is 9.59 Å². The van der Waals surface area contributed by atoms with E-state index in [4.69, 9.17) is 0 Å². The summed E-state index contributed by atoms with van der Waals surface area (Å²) < 4.78 is 0. The average molecular weight is 274 g/mol. The van der Waals surface area contributed by atoms with E-state index >= 15 is 0 Å². The second-order valence-electron chi connectivity index (χ2n) is 4.49. The van der Waals surface area contributed by atoms with Crippen LogP contribution in [0.1, 0.15) is 30.1 Å². The summed E-state index contributed by atoms with van der Waals surface area (Å²) in [6, 6.07) is 5.25. The van der Waals surface area contributed by atoms with E-state index in [2.05, 4.69) is 20.6 Å². The Balaban J connectivity index is 1.84. The molecule has 0 aliphatic heterocycles. The minimum atomic E-state index is -0.190. The number of imidazole rings is 1. The SMILES string of the molecule is CCCNC(=O)CCNC(=O)c1ccc2nc[nH]c2c1. The van der Waals surface area contributed by atoms with Crippen LogP contribution >= 0.6 is 0 Å². The highest BCUT2D eigenvalue weighted by Crippen LogP contribution is 2.11. The molecule has 0 radical (unpaired) electrons. The number of hydrogen-bond donors (Lipinski definition) is 3. The van der Waals surface area contributed by atoms with Gasteiger partial charge in [0.25, 0.3) is 5.91 Å². The fourth-order valence-electron chi connectivity index (χ4n) is 1.82. The molecular weight excluding hydrogens is 256 g/mol. The summed E-state index contributed by atoms with van der Waals surface area (Å²) in [5.74, 6) is -0.235. The van der Waals surface area contributed by atoms with Gasteiger partial charge in [0.05, 0.1) is 17.4 Å². The van der Waals surface area contributed by atoms with Gasteiger partial charge in [0.2, 0.25) is 5.91 Å². The molecule has 0 spiro atoms. The Hall–Kier alpha value is -2.37. The fraction of sp³-hybridized carbons (Fsp3) is 0.357. The van der Waals surface area contributed by atoms with Crippen LogP contribution in [-0.2, 0) is 4.79 Å². The van der Waals surface area contributed by atoms with E-state index in [1.807, 2.05) is 6.92 Å². The van der Waals surface area contributed by atoms with E-state index in [0.29, 0.717) is 18.7 Å². The van der Waals surface area contributed by atoms with Gasteiger partial charge < -0.3 is 15.6 Å². The smallest absolute Gasteiger partial charge is 0.251 e. The molecule has 6 heteroatoms. The summed E-state index contributed by atoms with van der Waals surface area (Å²) in [5, 5.41) is 5.49. The van der Waals surface area contributed by atoms with Crippen LogP contribution in [0.5, 0.6) is 0 Å². The number of amides is 2. The monoisotopic (exact) mass is 274 g/mol. The van der Waals surface area contributed by atoms with Crippen molar-refractivity contribution in [3.63, 3.8) is 0 Å². The van der Waals surface area contributed by atoms with Gasteiger partial charge in [-0.3, -0.25) is 9.59 Å². The maximum Gasteiger partial charge on any atom is 0.251 e. The third-order valence-corrected chi connectivity index (χ3v) is 2.89. The number of hydrogen-bond acceptors (Lipinski definition) is 3. The lowest BCUT2D eigenvalue weighted by molar-refractivity contribution is -0.120. The number of aromatic amines is 1. The van der Waals surface area contributed by atoms with E-state index in [0.717, 1.165) is 17.5 Å². The molecular formula is C14H18N4O2. The zero-order chi connectivity index (χ0) is 14.4. The van der Waals surface area contributed by atoms with Gasteiger partial charge in [-0.15, -0.1) is 0 Å². The molecule has 1 aromatic heterocycles. The number of nitrogens with one attached hydrogen (secondary N) is 3. The van der Waals surface area contributed by atoms with Gasteiger partial charge in [-0.25, -0.2) is 4.98 Å². The van der Waals surface area contributed by atoms with E-state index in [9.17, 15) is 9.59 Å². The van der Waals surface area contributed by atoms with Gasteiger partial charge in [-0.1, -0.05) is 6.92 Å². The molecule has 2 rings (SSSR count). The Morgan fingerprint density at radius 1 is 1.25 bits per heavy atom. The second kappa shape index (κ2) is 6.70. The van der Waals surface area contributed by atoms with Gasteiger partial charge in [-0.05, 0) is 24.6 Å². The Morgan fingerprint density at radius 2 is 2.10 bits per heavy atom. The molecule has 1 heterocycles. The molecule has 2 amide bonds. The first-order valence-corrected chi connectivity index (χ1v) is 6.68. The largest absolute Gasteiger partial charge is 0.356 e. The van der Waals surface area contributed by atoms with Gasteiger partial charge >= 0.3 is 0 Å². The molecule has 0 aliphatic carbocycles. The average Bonchev–Trinajstić information content (AvgIpc) is 2.92. The van der Waals surface area contributed by atoms with Gasteiger partial charge in [0, 0.05) is 25.1 Å². The number of aromatic nitrogens is 2. The molecule has 1 aromatic carbocycles. The molecule has 3 N–H and O–H groups in total. The summed E-state index contributed by atoms with van der Waals surface area (Å²) >= 11 is 0. The van der Waals surface area contributed by atoms with Crippen LogP contribution in [-0.4, -0.2) is 34.9 Å². The summed E-state index contributed by atoms with van der Waals surface area (Å²) in [4.78, 5) is 30.4. The molecule has 0 fully saturated rings. The summed E-state index contributed by atoms with van der Waals surface area (Å²) in [6.45, 7) is 2.99. The number of carbonyl (C=O) groups is 2. The van der Waals surface area contributed by atoms with Crippen LogP contribution in [0.4, 0.5) is 0 Å². The minimum absolute atomic E-state index is 0.0452. The Bertz CT molecular complexity index is 606. The van der Waals surface area contributed by atoms with E-state index in [1.54, 1.807) is 24.5 Å². The van der Waals surface area contributed by atoms with Gasteiger partial charge in [-0.2, -0.15) is 0 Å². The topological polar surface area (TPSA) is 86.9 Å². The van der Waals surface area contributed by atoms with Crippen LogP contribution in [0.25, 0.3) is 11.0 Å². The highest BCUT2D eigenvalue weighted by atomic mass is 16.2. The predicted octanol–water partition coefficient (Wildman–Crippen LogP) is 1.21. The zero-order valence-electron chi connectivity index (χ0n) is 11.4. The molecule has 0 unspecified atom stereocenters. The summed E-state index contributed by atoms with van der Waals surface area (Å²) in [7, 11) is 0. The highest BCUT2D eigenvalue weighted by Gasteiger charge is 2.08. The Kier molecular flexibility index (Phi) is 4.70. The maximum atomic E-state index is 11.9. The van der Waals surface area contributed by atoms with E-state index in [-0.39, 0.29) is 18.2 Å². The lowest BCUT2D eigenvalue weighted by Crippen LogP contribution is -2.31. The molecule has 106 valence electrons. The summed E-state index contributed by atoms with van der Waals surface area (Å²) in [6.07, 6.45) is 2.78. The first-order chi connectivity index (χ1) is 9.70. The quantitative estimate of drug-likeness (QED) is 0.740. The van der Waals surface area contributed by atoms with Crippen LogP contribution in [0, 0.1) is 0 Å². The maximum absolute atomic E-state index is 11.9. The Morgan fingerprint density at radius 3 is 2.90 bits per heavy atom. The molecule has 6 nitrogen and oxygen atoms in total. The number of benzene rings is 1. The highest BCUT2D eigenvalue weighted by molar-refractivity contribution is 5.97. The normalized spacial score (nSPS) is 10.4. The van der Waals surface area contributed by atoms with E-state index in [1.165, 1.54) is 0 Å². The predicted molar refractivity (Wildman–Crippen MR) is 76.3 cm³/mol. The Labute approximate surface area is 117 Å². The zero-order valence-corrected chi connectivity index (χ0v) is 11.4. The first-order valence-electron chi connectivity index (χ1n) is 6.68. The van der Waals surface area contributed by atoms with Crippen molar-refractivity contribution in [3.05, 3.63) is 30.1 Å². The van der Waals surface area contributed by atoms with Crippen molar-refractivity contribution >= 4 is 22.8 Å². The van der Waals surface area contributed by atoms with Crippen molar-refractivity contribution in [2.75, 3.05) is 13.1 Å². The molecule has 0 aliphatic rings. The number of rotatable bonds is 6. The lowest BCUT2D eigenvalue weighted by Gasteiger charge is -2.06. The standard InChI is InChI=1S/C14H18N4O2/c1-2-6-15-13(19)5-7-16-14(20)10-3-4-11-12(8-10)18-9-17-11/h3-4,8-9H,2,5-7H2,1H3,(H,15,19)(H,16,20)(H,17,18). The van der Waals surface area contributed by atoms with E-state index < -0.39 is 0 Å². The molecule has 2 aromatic rings. The second-order valence-corrected chi connectivity index (χ2v) is 4.49. The molecule has 0 bridgehead atoms. The lowest BCUT2D eigenvalue weighted by atomic mass is 10.2. The molecule has 0 saturated heterocycles. The van der Waals surface area contributed by atoms with Crippen LogP contribution < -0.4 is 10.6 Å². The summed E-state index contributed by atoms with van der Waals surface area (Å²) in [5.41, 5.74) is 2.19. The first kappa shape index (κ1) is 14.0. The third-order valence-electron chi connectivity index (χ3n) is 2.89. The number of H-pyrrole nitrogens is 1. The van der Waals surface area contributed by atoms with Crippen LogP contribution in [0.2, 0.25) is 0 Å². The molecule has 20 heavy (non-hydrogen) atoms. The van der Waals surface area contributed by atoms with Crippen molar-refractivity contribution in [2.24, 2.45) is 0 Å². The van der Waals surface area contributed by atoms with Crippen LogP contribution in [0.3, 0.4) is 0 Å². The number of nitrogens with zero attached hydrogens (tertiary/aromatic N) is 1. The number of carbonyl (C=O) groups excluding carboxylic acids is 2. The molecule has 0 atom stereocenters. The number of fused-ring (bicyclic) bond motifs is 1. The van der Waals surface area contributed by atoms with Crippen molar-refractivity contribution in [2.45, 2.75) is 19.8 Å². The van der Waals surface area contributed by atoms with Crippen molar-refractivity contribution in [3.8, 4) is 0 Å².